The van der Waals surface area contributed by atoms with E-state index in [1.807, 2.05) is 18.2 Å². The van der Waals surface area contributed by atoms with E-state index in [4.69, 9.17) is 36.5 Å². The lowest BCUT2D eigenvalue weighted by Crippen LogP contribution is -2.39. The Morgan fingerprint density at radius 3 is 2.78 bits per heavy atom. The molecule has 3 aromatic rings. The number of nitrogens with zero attached hydrogens (tertiary/aromatic N) is 3. The molecule has 8 nitrogen and oxygen atoms in total. The fourth-order valence-corrected chi connectivity index (χ4v) is 5.01. The molecule has 1 aromatic carbocycles. The van der Waals surface area contributed by atoms with Gasteiger partial charge in [0.25, 0.3) is 6.02 Å². The van der Waals surface area contributed by atoms with Crippen molar-refractivity contribution in [3.05, 3.63) is 87.8 Å². The number of aromatic nitrogens is 2. The van der Waals surface area contributed by atoms with Gasteiger partial charge in [-0.3, -0.25) is 9.78 Å². The van der Waals surface area contributed by atoms with Crippen molar-refractivity contribution in [2.24, 2.45) is 10.7 Å². The first kappa shape index (κ1) is 22.7. The number of Topliss-reactive ketones (excluding diaryl/α,β-unsaturated/α-hetero) is 1. The molecule has 9 heteroatoms. The molecule has 0 radical (unpaired) electrons. The van der Waals surface area contributed by atoms with E-state index in [0.29, 0.717) is 48.6 Å². The molecule has 0 saturated heterocycles. The van der Waals surface area contributed by atoms with Crippen LogP contribution in [0.2, 0.25) is 5.02 Å². The Morgan fingerprint density at radius 2 is 2.00 bits per heavy atom. The van der Waals surface area contributed by atoms with Gasteiger partial charge in [-0.2, -0.15) is 0 Å². The lowest BCUT2D eigenvalue weighted by Gasteiger charge is -2.39. The van der Waals surface area contributed by atoms with Gasteiger partial charge in [-0.1, -0.05) is 23.7 Å². The summed E-state index contributed by atoms with van der Waals surface area (Å²) >= 11 is 5.92. The summed E-state index contributed by atoms with van der Waals surface area (Å²) in [7, 11) is 0. The first-order valence-electron chi connectivity index (χ1n) is 11.7. The number of carbonyl (C=O) groups is 1. The number of rotatable bonds is 4. The first-order chi connectivity index (χ1) is 17.5. The van der Waals surface area contributed by atoms with Gasteiger partial charge in [0.05, 0.1) is 24.8 Å². The SMILES string of the molecule is NC1=N[C@@]2(CCO1)c1cc(CC(=O)c3ccc(Cl)cn3)ccc1Oc1ncc(C3=CCCOC3)cc12. The average molecular weight is 503 g/mol. The fourth-order valence-electron chi connectivity index (χ4n) is 4.90. The van der Waals surface area contributed by atoms with Crippen molar-refractivity contribution < 1.29 is 19.0 Å². The predicted octanol–water partition coefficient (Wildman–Crippen LogP) is 4.44. The molecule has 36 heavy (non-hydrogen) atoms. The number of aliphatic imine (C=N–C) groups is 1. The Kier molecular flexibility index (Phi) is 5.70. The van der Waals surface area contributed by atoms with Gasteiger partial charge >= 0.3 is 0 Å². The molecule has 1 atom stereocenters. The van der Waals surface area contributed by atoms with E-state index in [2.05, 4.69) is 22.1 Å². The van der Waals surface area contributed by atoms with Gasteiger partial charge in [-0.15, -0.1) is 0 Å². The van der Waals surface area contributed by atoms with E-state index in [9.17, 15) is 4.79 Å². The van der Waals surface area contributed by atoms with E-state index in [1.54, 1.807) is 18.3 Å². The number of halogens is 1. The molecular formula is C27H23ClN4O4. The number of benzene rings is 1. The highest BCUT2D eigenvalue weighted by Gasteiger charge is 2.45. The van der Waals surface area contributed by atoms with Gasteiger partial charge in [0.2, 0.25) is 5.88 Å². The van der Waals surface area contributed by atoms with Crippen molar-refractivity contribution in [3.63, 3.8) is 0 Å². The third kappa shape index (κ3) is 4.02. The van der Waals surface area contributed by atoms with Gasteiger partial charge in [-0.25, -0.2) is 9.98 Å². The number of ether oxygens (including phenoxy) is 3. The molecule has 5 heterocycles. The van der Waals surface area contributed by atoms with E-state index in [-0.39, 0.29) is 18.2 Å². The summed E-state index contributed by atoms with van der Waals surface area (Å²) in [6.07, 6.45) is 7.02. The molecule has 182 valence electrons. The van der Waals surface area contributed by atoms with Crippen molar-refractivity contribution in [1.82, 2.24) is 9.97 Å². The predicted molar refractivity (Wildman–Crippen MR) is 134 cm³/mol. The molecule has 1 spiro atoms. The largest absolute Gasteiger partial charge is 0.465 e. The molecule has 2 aromatic heterocycles. The topological polar surface area (TPSA) is 109 Å². The maximum atomic E-state index is 12.9. The highest BCUT2D eigenvalue weighted by Crippen LogP contribution is 2.51. The van der Waals surface area contributed by atoms with Crippen molar-refractivity contribution in [1.29, 1.82) is 0 Å². The van der Waals surface area contributed by atoms with Crippen molar-refractivity contribution in [2.75, 3.05) is 19.8 Å². The minimum atomic E-state index is -0.845. The standard InChI is InChI=1S/C27H23ClN4O4/c28-19-4-5-22(30-14-19)23(33)11-16-3-6-24-20(10-16)27(7-9-35-26(29)32-27)21-12-18(13-31-25(21)36-24)17-2-1-8-34-15-17/h2-6,10,12-14H,1,7-9,11,15H2,(H2,29,32)/t27-/m0/s1. The number of ketones is 1. The fraction of sp³-hybridized carbons (Fsp3) is 0.259. The second kappa shape index (κ2) is 9.04. The van der Waals surface area contributed by atoms with Gasteiger partial charge in [0, 0.05) is 36.4 Å². The number of carbonyl (C=O) groups excluding carboxylic acids is 1. The highest BCUT2D eigenvalue weighted by molar-refractivity contribution is 6.30. The van der Waals surface area contributed by atoms with Crippen LogP contribution in [0.4, 0.5) is 0 Å². The van der Waals surface area contributed by atoms with E-state index >= 15 is 0 Å². The molecule has 0 amide bonds. The molecule has 6 rings (SSSR count). The summed E-state index contributed by atoms with van der Waals surface area (Å²) in [5, 5.41) is 0.483. The number of hydrogen-bond donors (Lipinski definition) is 1. The Hall–Kier alpha value is -3.75. The zero-order chi connectivity index (χ0) is 24.7. The van der Waals surface area contributed by atoms with Crippen molar-refractivity contribution in [2.45, 2.75) is 24.8 Å². The van der Waals surface area contributed by atoms with Gasteiger partial charge in [0.15, 0.2) is 5.78 Å². The highest BCUT2D eigenvalue weighted by atomic mass is 35.5. The normalized spacial score (nSPS) is 20.4. The molecular weight excluding hydrogens is 480 g/mol. The summed E-state index contributed by atoms with van der Waals surface area (Å²) in [4.78, 5) is 26.5. The van der Waals surface area contributed by atoms with E-state index < -0.39 is 5.54 Å². The third-order valence-corrected chi connectivity index (χ3v) is 6.89. The quantitative estimate of drug-likeness (QED) is 0.525. The first-order valence-corrected chi connectivity index (χ1v) is 12.1. The maximum Gasteiger partial charge on any atom is 0.283 e. The van der Waals surface area contributed by atoms with Crippen LogP contribution in [0.3, 0.4) is 0 Å². The average Bonchev–Trinajstić information content (AvgIpc) is 2.90. The minimum absolute atomic E-state index is 0.109. The second-order valence-electron chi connectivity index (χ2n) is 8.95. The van der Waals surface area contributed by atoms with Crippen molar-refractivity contribution in [3.8, 4) is 11.6 Å². The van der Waals surface area contributed by atoms with Crippen LogP contribution in [0, 0.1) is 0 Å². The number of nitrogens with two attached hydrogens (primary N) is 1. The molecule has 3 aliphatic heterocycles. The summed E-state index contributed by atoms with van der Waals surface area (Å²) in [5.74, 6) is 0.999. The van der Waals surface area contributed by atoms with Gasteiger partial charge < -0.3 is 19.9 Å². The molecule has 0 bridgehead atoms. The van der Waals surface area contributed by atoms with Crippen LogP contribution in [0.1, 0.15) is 45.6 Å². The Labute approximate surface area is 212 Å². The van der Waals surface area contributed by atoms with Crippen molar-refractivity contribution >= 4 is 29.0 Å². The minimum Gasteiger partial charge on any atom is -0.465 e. The monoisotopic (exact) mass is 502 g/mol. The van der Waals surface area contributed by atoms with Crippen LogP contribution in [0.25, 0.3) is 5.57 Å². The zero-order valence-electron chi connectivity index (χ0n) is 19.4. The Bertz CT molecular complexity index is 1420. The van der Waals surface area contributed by atoms with Gasteiger partial charge in [-0.05, 0) is 53.5 Å². The molecule has 0 unspecified atom stereocenters. The number of fused-ring (bicyclic) bond motifs is 4. The number of pyridine rings is 2. The van der Waals surface area contributed by atoms with E-state index in [0.717, 1.165) is 34.2 Å². The lowest BCUT2D eigenvalue weighted by molar-refractivity contribution is 0.0988. The number of hydrogen-bond acceptors (Lipinski definition) is 8. The zero-order valence-corrected chi connectivity index (χ0v) is 20.1. The molecule has 2 N–H and O–H groups in total. The molecule has 3 aliphatic rings. The Balaban J connectivity index is 1.43. The van der Waals surface area contributed by atoms with Crippen LogP contribution in [0.5, 0.6) is 11.6 Å². The number of amidine groups is 1. The van der Waals surface area contributed by atoms with Crippen LogP contribution in [0.15, 0.2) is 59.9 Å². The maximum absolute atomic E-state index is 12.9. The van der Waals surface area contributed by atoms with Crippen LogP contribution in [-0.2, 0) is 21.4 Å². The van der Waals surface area contributed by atoms with Gasteiger partial charge in [0.1, 0.15) is 17.0 Å². The van der Waals surface area contributed by atoms with E-state index in [1.165, 1.54) is 6.20 Å². The molecule has 0 aliphatic carbocycles. The molecule has 0 saturated carbocycles. The van der Waals surface area contributed by atoms with Crippen LogP contribution < -0.4 is 10.5 Å². The third-order valence-electron chi connectivity index (χ3n) is 6.67. The summed E-state index contributed by atoms with van der Waals surface area (Å²) in [6, 6.07) is 11.1. The summed E-state index contributed by atoms with van der Waals surface area (Å²) in [6.45, 7) is 1.64. The Morgan fingerprint density at radius 1 is 1.08 bits per heavy atom. The summed E-state index contributed by atoms with van der Waals surface area (Å²) in [5.41, 5.74) is 10.1. The smallest absolute Gasteiger partial charge is 0.283 e. The van der Waals surface area contributed by atoms with Crippen LogP contribution in [-0.4, -0.2) is 41.6 Å². The van der Waals surface area contributed by atoms with Crippen LogP contribution >= 0.6 is 11.6 Å². The lowest BCUT2D eigenvalue weighted by atomic mass is 9.77. The second-order valence-corrected chi connectivity index (χ2v) is 9.39. The summed E-state index contributed by atoms with van der Waals surface area (Å²) < 4.78 is 17.4. The molecule has 0 fully saturated rings.